The number of hydrogen-bond donors (Lipinski definition) is 2. The molecule has 16 heavy (non-hydrogen) atoms. The molecule has 0 bridgehead atoms. The predicted molar refractivity (Wildman–Crippen MR) is 67.4 cm³/mol. The molecule has 0 aliphatic heterocycles. The van der Waals surface area contributed by atoms with Gasteiger partial charge in [-0.1, -0.05) is 19.8 Å². The first-order chi connectivity index (χ1) is 7.78. The highest BCUT2D eigenvalue weighted by Crippen LogP contribution is 2.29. The van der Waals surface area contributed by atoms with E-state index in [4.69, 9.17) is 0 Å². The number of aliphatic hydroxyl groups is 1. The minimum atomic E-state index is 0.00657. The zero-order chi connectivity index (χ0) is 11.4. The summed E-state index contributed by atoms with van der Waals surface area (Å²) in [5.41, 5.74) is 0. The first-order valence-electron chi connectivity index (χ1n) is 7.19. The lowest BCUT2D eigenvalue weighted by Gasteiger charge is -2.35. The summed E-state index contributed by atoms with van der Waals surface area (Å²) in [6.45, 7) is 3.44. The van der Waals surface area contributed by atoms with E-state index in [2.05, 4.69) is 12.2 Å². The minimum absolute atomic E-state index is 0.00657. The van der Waals surface area contributed by atoms with Gasteiger partial charge in [0.05, 0.1) is 6.10 Å². The third-order valence-electron chi connectivity index (χ3n) is 4.45. The van der Waals surface area contributed by atoms with E-state index in [0.717, 1.165) is 37.3 Å². The summed E-state index contributed by atoms with van der Waals surface area (Å²) < 4.78 is 0. The Balaban J connectivity index is 1.55. The van der Waals surface area contributed by atoms with Gasteiger partial charge < -0.3 is 10.4 Å². The van der Waals surface area contributed by atoms with E-state index >= 15 is 0 Å². The summed E-state index contributed by atoms with van der Waals surface area (Å²) in [7, 11) is 0. The van der Waals surface area contributed by atoms with Gasteiger partial charge in [-0.05, 0) is 56.9 Å². The maximum atomic E-state index is 9.22. The van der Waals surface area contributed by atoms with E-state index in [9.17, 15) is 5.11 Å². The van der Waals surface area contributed by atoms with Crippen molar-refractivity contribution in [2.45, 2.75) is 70.4 Å². The van der Waals surface area contributed by atoms with Crippen molar-refractivity contribution in [2.24, 2.45) is 11.8 Å². The Bertz CT molecular complexity index is 193. The Labute approximate surface area is 99.8 Å². The maximum Gasteiger partial charge on any atom is 0.0546 e. The van der Waals surface area contributed by atoms with Gasteiger partial charge in [-0.25, -0.2) is 0 Å². The third kappa shape index (κ3) is 3.46. The topological polar surface area (TPSA) is 32.3 Å². The van der Waals surface area contributed by atoms with Crippen molar-refractivity contribution in [3.8, 4) is 0 Å². The second-order valence-corrected chi connectivity index (χ2v) is 5.91. The van der Waals surface area contributed by atoms with E-state index < -0.39 is 0 Å². The van der Waals surface area contributed by atoms with Crippen molar-refractivity contribution >= 4 is 0 Å². The highest BCUT2D eigenvalue weighted by atomic mass is 16.3. The van der Waals surface area contributed by atoms with Crippen LogP contribution >= 0.6 is 0 Å². The van der Waals surface area contributed by atoms with E-state index in [0.29, 0.717) is 0 Å². The van der Waals surface area contributed by atoms with Gasteiger partial charge in [0.25, 0.3) is 0 Å². The lowest BCUT2D eigenvalue weighted by molar-refractivity contribution is 0.0409. The molecule has 0 atom stereocenters. The molecule has 2 N–H and O–H groups in total. The molecule has 0 radical (unpaired) electrons. The van der Waals surface area contributed by atoms with E-state index in [1.54, 1.807) is 0 Å². The average molecular weight is 225 g/mol. The normalized spacial score (nSPS) is 39.4. The zero-order valence-corrected chi connectivity index (χ0v) is 10.6. The van der Waals surface area contributed by atoms with Crippen LogP contribution < -0.4 is 5.32 Å². The Morgan fingerprint density at radius 1 is 1.06 bits per heavy atom. The molecule has 2 rings (SSSR count). The molecular weight excluding hydrogens is 198 g/mol. The monoisotopic (exact) mass is 225 g/mol. The van der Waals surface area contributed by atoms with Gasteiger partial charge in [-0.2, -0.15) is 0 Å². The van der Waals surface area contributed by atoms with Gasteiger partial charge in [0.15, 0.2) is 0 Å². The third-order valence-corrected chi connectivity index (χ3v) is 4.45. The van der Waals surface area contributed by atoms with Crippen LogP contribution in [0.5, 0.6) is 0 Å². The molecule has 0 aromatic heterocycles. The maximum absolute atomic E-state index is 9.22. The van der Waals surface area contributed by atoms with Gasteiger partial charge >= 0.3 is 0 Å². The lowest BCUT2D eigenvalue weighted by atomic mass is 9.81. The van der Waals surface area contributed by atoms with Gasteiger partial charge in [0, 0.05) is 6.04 Å². The fraction of sp³-hybridized carbons (Fsp3) is 1.00. The van der Waals surface area contributed by atoms with Crippen LogP contribution in [0.3, 0.4) is 0 Å². The molecule has 0 amide bonds. The fourth-order valence-corrected chi connectivity index (χ4v) is 3.26. The first kappa shape index (κ1) is 12.4. The minimum Gasteiger partial charge on any atom is -0.393 e. The molecule has 0 aromatic rings. The van der Waals surface area contributed by atoms with Crippen LogP contribution in [-0.4, -0.2) is 23.8 Å². The summed E-state index contributed by atoms with van der Waals surface area (Å²) in [5, 5.41) is 12.9. The Kier molecular flexibility index (Phi) is 4.66. The van der Waals surface area contributed by atoms with Crippen molar-refractivity contribution in [3.05, 3.63) is 0 Å². The first-order valence-corrected chi connectivity index (χ1v) is 7.19. The number of nitrogens with one attached hydrogen (secondary N) is 1. The summed E-state index contributed by atoms with van der Waals surface area (Å²) in [6.07, 6.45) is 10.4. The van der Waals surface area contributed by atoms with E-state index in [-0.39, 0.29) is 6.10 Å². The van der Waals surface area contributed by atoms with Crippen molar-refractivity contribution in [1.82, 2.24) is 5.32 Å². The summed E-state index contributed by atoms with van der Waals surface area (Å²) in [5.74, 6) is 1.76. The van der Waals surface area contributed by atoms with Gasteiger partial charge in [-0.3, -0.25) is 0 Å². The predicted octanol–water partition coefficient (Wildman–Crippen LogP) is 2.71. The molecule has 2 nitrogen and oxygen atoms in total. The van der Waals surface area contributed by atoms with Gasteiger partial charge in [-0.15, -0.1) is 0 Å². The largest absolute Gasteiger partial charge is 0.393 e. The van der Waals surface area contributed by atoms with Gasteiger partial charge in [0.2, 0.25) is 0 Å². The van der Waals surface area contributed by atoms with Crippen LogP contribution in [0.25, 0.3) is 0 Å². The number of rotatable bonds is 5. The molecule has 0 aromatic carbocycles. The van der Waals surface area contributed by atoms with Crippen LogP contribution in [0.1, 0.15) is 58.3 Å². The molecule has 2 saturated carbocycles. The Hall–Kier alpha value is -0.0800. The molecule has 94 valence electrons. The Morgan fingerprint density at radius 2 is 1.75 bits per heavy atom. The second-order valence-electron chi connectivity index (χ2n) is 5.91. The van der Waals surface area contributed by atoms with E-state index in [1.165, 1.54) is 38.5 Å². The number of hydrogen-bond acceptors (Lipinski definition) is 2. The van der Waals surface area contributed by atoms with Crippen molar-refractivity contribution in [3.63, 3.8) is 0 Å². The summed E-state index contributed by atoms with van der Waals surface area (Å²) in [4.78, 5) is 0. The highest BCUT2D eigenvalue weighted by molar-refractivity contribution is 4.83. The van der Waals surface area contributed by atoms with Crippen LogP contribution in [0, 0.1) is 11.8 Å². The van der Waals surface area contributed by atoms with Crippen molar-refractivity contribution in [1.29, 1.82) is 0 Å². The molecule has 2 aliphatic carbocycles. The SMILES string of the molecule is CCCC1CCC(NCC2CC(O)C2)CC1. The van der Waals surface area contributed by atoms with Crippen molar-refractivity contribution in [2.75, 3.05) is 6.54 Å². The summed E-state index contributed by atoms with van der Waals surface area (Å²) in [6, 6.07) is 0.769. The standard InChI is InChI=1S/C14H27NO/c1-2-3-11-4-6-13(7-5-11)15-10-12-8-14(16)9-12/h11-16H,2-10H2,1H3. The van der Waals surface area contributed by atoms with Crippen LogP contribution in [0.2, 0.25) is 0 Å². The Morgan fingerprint density at radius 3 is 2.31 bits per heavy atom. The van der Waals surface area contributed by atoms with Crippen LogP contribution in [0.15, 0.2) is 0 Å². The quantitative estimate of drug-likeness (QED) is 0.754. The fourth-order valence-electron chi connectivity index (χ4n) is 3.26. The summed E-state index contributed by atoms with van der Waals surface area (Å²) >= 11 is 0. The van der Waals surface area contributed by atoms with Crippen LogP contribution in [-0.2, 0) is 0 Å². The zero-order valence-electron chi connectivity index (χ0n) is 10.6. The molecule has 0 heterocycles. The molecule has 0 saturated heterocycles. The second kappa shape index (κ2) is 6.02. The molecular formula is C14H27NO. The number of aliphatic hydroxyl groups excluding tert-OH is 1. The van der Waals surface area contributed by atoms with Gasteiger partial charge in [0.1, 0.15) is 0 Å². The highest BCUT2D eigenvalue weighted by Gasteiger charge is 2.28. The lowest BCUT2D eigenvalue weighted by Crippen LogP contribution is -2.41. The molecule has 0 unspecified atom stereocenters. The van der Waals surface area contributed by atoms with E-state index in [1.807, 2.05) is 0 Å². The molecule has 0 spiro atoms. The van der Waals surface area contributed by atoms with Crippen LogP contribution in [0.4, 0.5) is 0 Å². The molecule has 2 fully saturated rings. The van der Waals surface area contributed by atoms with Crippen molar-refractivity contribution < 1.29 is 5.11 Å². The average Bonchev–Trinajstić information content (AvgIpc) is 2.25. The molecule has 2 aliphatic rings. The smallest absolute Gasteiger partial charge is 0.0546 e. The molecule has 2 heteroatoms.